The third-order valence-corrected chi connectivity index (χ3v) is 1.60. The van der Waals surface area contributed by atoms with Crippen LogP contribution < -0.4 is 0 Å². The van der Waals surface area contributed by atoms with Gasteiger partial charge in [-0.05, 0) is 12.5 Å². The summed E-state index contributed by atoms with van der Waals surface area (Å²) < 4.78 is 0. The average molecular weight is 207 g/mol. The summed E-state index contributed by atoms with van der Waals surface area (Å²) in [7, 11) is 0. The van der Waals surface area contributed by atoms with Gasteiger partial charge < -0.3 is 0 Å². The topological polar surface area (TPSA) is 60.2 Å². The van der Waals surface area contributed by atoms with E-state index >= 15 is 0 Å². The molecule has 0 heterocycles. The van der Waals surface area contributed by atoms with Crippen LogP contribution in [0, 0.1) is 10.1 Å². The first-order chi connectivity index (χ1) is 7.09. The molecule has 0 amide bonds. The molecule has 0 spiro atoms. The van der Waals surface area contributed by atoms with E-state index in [9.17, 15) is 14.9 Å². The Bertz CT molecular complexity index is 343. The van der Waals surface area contributed by atoms with Gasteiger partial charge in [0.25, 0.3) is 5.69 Å². The highest BCUT2D eigenvalue weighted by molar-refractivity contribution is 5.78. The first-order valence-electron chi connectivity index (χ1n) is 4.32. The minimum absolute atomic E-state index is 0.0484. The molecule has 0 unspecified atom stereocenters. The maximum absolute atomic E-state index is 10.7. The number of ketones is 1. The molecule has 0 atom stereocenters. The molecule has 4 heteroatoms. The summed E-state index contributed by atoms with van der Waals surface area (Å²) in [5.41, 5.74) is 0.852. The number of carbonyl (C=O) groups excluding carboxylic acids is 1. The second-order valence-electron chi connectivity index (χ2n) is 2.80. The summed E-state index contributed by atoms with van der Waals surface area (Å²) in [5, 5.41) is 10.3. The van der Waals surface area contributed by atoms with E-state index in [1.807, 2.05) is 0 Å². The molecule has 1 aromatic carbocycles. The molecule has 0 saturated carbocycles. The third kappa shape index (κ3) is 4.71. The van der Waals surface area contributed by atoms with Crippen molar-refractivity contribution in [3.63, 3.8) is 0 Å². The van der Waals surface area contributed by atoms with Crippen molar-refractivity contribution in [1.82, 2.24) is 0 Å². The molecule has 0 fully saturated rings. The predicted molar refractivity (Wildman–Crippen MR) is 58.7 cm³/mol. The lowest BCUT2D eigenvalue weighted by Crippen LogP contribution is -1.96. The number of hydrogen-bond acceptors (Lipinski definition) is 3. The number of Topliss-reactive ketones (excluding diaryl/α,β-unsaturated/α-hetero) is 1. The predicted octanol–water partition coefficient (Wildman–Crippen LogP) is 2.53. The van der Waals surface area contributed by atoms with Crippen LogP contribution in [0.5, 0.6) is 0 Å². The van der Waals surface area contributed by atoms with E-state index in [4.69, 9.17) is 0 Å². The van der Waals surface area contributed by atoms with Crippen LogP contribution in [0.1, 0.15) is 12.5 Å². The largest absolute Gasteiger partial charge is 0.300 e. The molecule has 0 aromatic heterocycles. The average Bonchev–Trinajstić information content (AvgIpc) is 2.20. The summed E-state index contributed by atoms with van der Waals surface area (Å²) in [5.74, 6) is 0.0499. The molecule has 0 aliphatic heterocycles. The highest BCUT2D eigenvalue weighted by atomic mass is 16.6. The van der Waals surface area contributed by atoms with E-state index < -0.39 is 4.92 Å². The standard InChI is InChI=1S/C9H9NO3.C2H4/c1-7(11)6-8-2-4-9(5-3-8)10(12)13;1-2/h2-5H,6H2,1H3;1-2H2. The molecule has 0 saturated heterocycles. The zero-order chi connectivity index (χ0) is 11.8. The Labute approximate surface area is 88.4 Å². The lowest BCUT2D eigenvalue weighted by Gasteiger charge is -1.96. The molecule has 0 bridgehead atoms. The van der Waals surface area contributed by atoms with Crippen LogP contribution in [0.4, 0.5) is 5.69 Å². The molecular weight excluding hydrogens is 194 g/mol. The number of nitro benzene ring substituents is 1. The molecule has 1 rings (SSSR count). The maximum Gasteiger partial charge on any atom is 0.269 e. The number of benzene rings is 1. The van der Waals surface area contributed by atoms with Crippen LogP contribution in [0.3, 0.4) is 0 Å². The highest BCUT2D eigenvalue weighted by Gasteiger charge is 2.04. The fraction of sp³-hybridized carbons (Fsp3) is 0.182. The Hall–Kier alpha value is -1.97. The number of non-ortho nitro benzene ring substituents is 1. The molecule has 0 aliphatic rings. The third-order valence-electron chi connectivity index (χ3n) is 1.60. The van der Waals surface area contributed by atoms with E-state index in [-0.39, 0.29) is 11.5 Å². The summed E-state index contributed by atoms with van der Waals surface area (Å²) >= 11 is 0. The van der Waals surface area contributed by atoms with Crippen molar-refractivity contribution in [2.24, 2.45) is 0 Å². The number of hydrogen-bond donors (Lipinski definition) is 0. The van der Waals surface area contributed by atoms with Crippen molar-refractivity contribution in [3.8, 4) is 0 Å². The van der Waals surface area contributed by atoms with Crippen molar-refractivity contribution >= 4 is 11.5 Å². The van der Waals surface area contributed by atoms with Gasteiger partial charge in [-0.15, -0.1) is 13.2 Å². The Morgan fingerprint density at radius 2 is 1.80 bits per heavy atom. The maximum atomic E-state index is 10.7. The Balaban J connectivity index is 0.000000921. The zero-order valence-corrected chi connectivity index (χ0v) is 8.60. The molecule has 80 valence electrons. The number of rotatable bonds is 3. The van der Waals surface area contributed by atoms with E-state index in [1.165, 1.54) is 19.1 Å². The van der Waals surface area contributed by atoms with Gasteiger partial charge >= 0.3 is 0 Å². The lowest BCUT2D eigenvalue weighted by atomic mass is 10.1. The smallest absolute Gasteiger partial charge is 0.269 e. The second-order valence-corrected chi connectivity index (χ2v) is 2.80. The van der Waals surface area contributed by atoms with Gasteiger partial charge in [0.05, 0.1) is 4.92 Å². The fourth-order valence-corrected chi connectivity index (χ4v) is 1.02. The van der Waals surface area contributed by atoms with Crippen LogP contribution >= 0.6 is 0 Å². The van der Waals surface area contributed by atoms with Gasteiger partial charge in [0.1, 0.15) is 5.78 Å². The Kier molecular flexibility index (Phi) is 5.63. The molecule has 0 radical (unpaired) electrons. The monoisotopic (exact) mass is 207 g/mol. The summed E-state index contributed by atoms with van der Waals surface area (Å²) in [4.78, 5) is 20.5. The van der Waals surface area contributed by atoms with Crippen LogP contribution in [-0.4, -0.2) is 10.7 Å². The van der Waals surface area contributed by atoms with Crippen molar-refractivity contribution < 1.29 is 9.72 Å². The van der Waals surface area contributed by atoms with Gasteiger partial charge in [-0.1, -0.05) is 12.1 Å². The van der Waals surface area contributed by atoms with Crippen LogP contribution in [0.25, 0.3) is 0 Å². The molecular formula is C11H13NO3. The van der Waals surface area contributed by atoms with Crippen molar-refractivity contribution in [2.45, 2.75) is 13.3 Å². The molecule has 0 N–H and O–H groups in total. The minimum atomic E-state index is -0.461. The lowest BCUT2D eigenvalue weighted by molar-refractivity contribution is -0.384. The van der Waals surface area contributed by atoms with E-state index in [1.54, 1.807) is 12.1 Å². The second kappa shape index (κ2) is 6.48. The van der Waals surface area contributed by atoms with Gasteiger partial charge in [0.15, 0.2) is 0 Å². The SMILES string of the molecule is C=C.CC(=O)Cc1ccc([N+](=O)[O-])cc1. The Morgan fingerprint density at radius 1 is 1.33 bits per heavy atom. The fourth-order valence-electron chi connectivity index (χ4n) is 1.02. The molecule has 1 aromatic rings. The highest BCUT2D eigenvalue weighted by Crippen LogP contribution is 2.12. The number of nitrogens with zero attached hydrogens (tertiary/aromatic N) is 1. The van der Waals surface area contributed by atoms with Gasteiger partial charge in [0, 0.05) is 18.6 Å². The first-order valence-corrected chi connectivity index (χ1v) is 4.32. The van der Waals surface area contributed by atoms with Gasteiger partial charge in [0.2, 0.25) is 0 Å². The Morgan fingerprint density at radius 3 is 2.13 bits per heavy atom. The number of carbonyl (C=O) groups is 1. The summed E-state index contributed by atoms with van der Waals surface area (Å²) in [6.45, 7) is 7.49. The normalized spacial score (nSPS) is 8.60. The quantitative estimate of drug-likeness (QED) is 0.434. The number of nitro groups is 1. The van der Waals surface area contributed by atoms with Gasteiger partial charge in [-0.25, -0.2) is 0 Å². The summed E-state index contributed by atoms with van der Waals surface area (Å²) in [6, 6.07) is 6.00. The molecule has 4 nitrogen and oxygen atoms in total. The van der Waals surface area contributed by atoms with Crippen molar-refractivity contribution in [1.29, 1.82) is 0 Å². The van der Waals surface area contributed by atoms with Gasteiger partial charge in [-0.3, -0.25) is 14.9 Å². The van der Waals surface area contributed by atoms with Gasteiger partial charge in [-0.2, -0.15) is 0 Å². The summed E-state index contributed by atoms with van der Waals surface area (Å²) in [6.07, 6.45) is 0.331. The molecule has 15 heavy (non-hydrogen) atoms. The van der Waals surface area contributed by atoms with E-state index in [0.717, 1.165) is 5.56 Å². The van der Waals surface area contributed by atoms with Crippen LogP contribution in [0.15, 0.2) is 37.4 Å². The van der Waals surface area contributed by atoms with Crippen molar-refractivity contribution in [3.05, 3.63) is 53.1 Å². The zero-order valence-electron chi connectivity index (χ0n) is 8.60. The minimum Gasteiger partial charge on any atom is -0.300 e. The van der Waals surface area contributed by atoms with Crippen LogP contribution in [-0.2, 0) is 11.2 Å². The van der Waals surface area contributed by atoms with E-state index in [0.29, 0.717) is 6.42 Å². The first kappa shape index (κ1) is 13.0. The van der Waals surface area contributed by atoms with Crippen LogP contribution in [0.2, 0.25) is 0 Å². The van der Waals surface area contributed by atoms with Crippen molar-refractivity contribution in [2.75, 3.05) is 0 Å². The molecule has 0 aliphatic carbocycles. The van der Waals surface area contributed by atoms with E-state index in [2.05, 4.69) is 13.2 Å².